The van der Waals surface area contributed by atoms with E-state index < -0.39 is 0 Å². The fraction of sp³-hybridized carbons (Fsp3) is 0.500. The number of methoxy groups -OCH3 is 1. The average molecular weight is 346 g/mol. The molecular formula is C18H22N2O5. The van der Waals surface area contributed by atoms with Gasteiger partial charge < -0.3 is 23.7 Å². The number of β-amino-alcohol motifs (C(OH)–C–C–N with tert-alkyl or cyclic N) is 1. The minimum Gasteiger partial charge on any atom is -0.493 e. The second kappa shape index (κ2) is 6.57. The number of aliphatic hydroxyl groups excluding tert-OH is 1. The number of likely N-dealkylation sites (tertiary alicyclic amines) is 1. The number of aromatic nitrogens is 1. The van der Waals surface area contributed by atoms with Gasteiger partial charge in [-0.05, 0) is 38.4 Å². The first kappa shape index (κ1) is 16.2. The lowest BCUT2D eigenvalue weighted by Gasteiger charge is -2.29. The Morgan fingerprint density at radius 1 is 1.36 bits per heavy atom. The Labute approximate surface area is 146 Å². The van der Waals surface area contributed by atoms with E-state index in [1.54, 1.807) is 7.11 Å². The van der Waals surface area contributed by atoms with Crippen LogP contribution in [-0.2, 0) is 6.54 Å². The van der Waals surface area contributed by atoms with Crippen LogP contribution in [0.4, 0.5) is 0 Å². The predicted molar refractivity (Wildman–Crippen MR) is 89.9 cm³/mol. The summed E-state index contributed by atoms with van der Waals surface area (Å²) in [6.07, 6.45) is 1.62. The van der Waals surface area contributed by atoms with Crippen LogP contribution < -0.4 is 14.2 Å². The molecule has 2 aliphatic heterocycles. The molecule has 4 rings (SSSR count). The molecule has 3 heterocycles. The van der Waals surface area contributed by atoms with E-state index in [9.17, 15) is 5.11 Å². The first-order valence-electron chi connectivity index (χ1n) is 8.49. The Morgan fingerprint density at radius 3 is 3.04 bits per heavy atom. The van der Waals surface area contributed by atoms with Crippen LogP contribution >= 0.6 is 0 Å². The molecule has 2 aliphatic rings. The van der Waals surface area contributed by atoms with Crippen LogP contribution in [0.5, 0.6) is 17.2 Å². The van der Waals surface area contributed by atoms with Gasteiger partial charge in [-0.25, -0.2) is 4.98 Å². The third-order valence-electron chi connectivity index (χ3n) is 4.65. The topological polar surface area (TPSA) is 77.2 Å². The van der Waals surface area contributed by atoms with E-state index in [0.717, 1.165) is 36.4 Å². The van der Waals surface area contributed by atoms with Crippen molar-refractivity contribution in [3.63, 3.8) is 0 Å². The summed E-state index contributed by atoms with van der Waals surface area (Å²) >= 11 is 0. The van der Waals surface area contributed by atoms with Crippen molar-refractivity contribution in [2.75, 3.05) is 27.0 Å². The van der Waals surface area contributed by atoms with E-state index in [1.807, 2.05) is 19.1 Å². The summed E-state index contributed by atoms with van der Waals surface area (Å²) in [4.78, 5) is 6.87. The van der Waals surface area contributed by atoms with Gasteiger partial charge in [0.15, 0.2) is 11.5 Å². The zero-order valence-corrected chi connectivity index (χ0v) is 14.4. The molecular weight excluding hydrogens is 324 g/mol. The standard InChI is InChI=1S/C18H22N2O5/c1-11-14(9-20-5-3-4-13(21)8-20)19-18(25-11)12-6-15(22-2)17-16(7-12)23-10-24-17/h6-7,13,21H,3-5,8-10H2,1-2H3/t13-/m0/s1. The van der Waals surface area contributed by atoms with E-state index in [0.29, 0.717) is 36.2 Å². The molecule has 0 bridgehead atoms. The van der Waals surface area contributed by atoms with E-state index in [-0.39, 0.29) is 12.9 Å². The molecule has 0 radical (unpaired) electrons. The smallest absolute Gasteiger partial charge is 0.231 e. The fourth-order valence-electron chi connectivity index (χ4n) is 3.34. The summed E-state index contributed by atoms with van der Waals surface area (Å²) in [5.41, 5.74) is 1.68. The summed E-state index contributed by atoms with van der Waals surface area (Å²) in [5.74, 6) is 3.15. The Morgan fingerprint density at radius 2 is 2.24 bits per heavy atom. The number of ether oxygens (including phenoxy) is 3. The molecule has 134 valence electrons. The molecule has 1 N–H and O–H groups in total. The van der Waals surface area contributed by atoms with Crippen LogP contribution in [-0.4, -0.2) is 48.1 Å². The zero-order valence-electron chi connectivity index (χ0n) is 14.4. The molecule has 1 saturated heterocycles. The van der Waals surface area contributed by atoms with Gasteiger partial charge in [0.2, 0.25) is 18.4 Å². The number of rotatable bonds is 4. The van der Waals surface area contributed by atoms with Gasteiger partial charge in [0.25, 0.3) is 0 Å². The number of oxazole rings is 1. The first-order valence-corrected chi connectivity index (χ1v) is 8.49. The maximum Gasteiger partial charge on any atom is 0.231 e. The maximum absolute atomic E-state index is 9.83. The molecule has 7 heteroatoms. The lowest BCUT2D eigenvalue weighted by molar-refractivity contribution is 0.0660. The van der Waals surface area contributed by atoms with Crippen molar-refractivity contribution in [3.05, 3.63) is 23.6 Å². The van der Waals surface area contributed by atoms with E-state index in [2.05, 4.69) is 9.88 Å². The van der Waals surface area contributed by atoms with Gasteiger partial charge in [-0.2, -0.15) is 0 Å². The molecule has 0 amide bonds. The molecule has 2 aromatic rings. The van der Waals surface area contributed by atoms with Gasteiger partial charge in [0.05, 0.1) is 18.9 Å². The molecule has 25 heavy (non-hydrogen) atoms. The van der Waals surface area contributed by atoms with Crippen LogP contribution in [0.1, 0.15) is 24.3 Å². The molecule has 7 nitrogen and oxygen atoms in total. The van der Waals surface area contributed by atoms with Crippen molar-refractivity contribution >= 4 is 0 Å². The highest BCUT2D eigenvalue weighted by Gasteiger charge is 2.24. The Hall–Kier alpha value is -2.25. The zero-order chi connectivity index (χ0) is 17.4. The summed E-state index contributed by atoms with van der Waals surface area (Å²) in [7, 11) is 1.59. The second-order valence-corrected chi connectivity index (χ2v) is 6.47. The van der Waals surface area contributed by atoms with Crippen LogP contribution in [0, 0.1) is 6.92 Å². The third-order valence-corrected chi connectivity index (χ3v) is 4.65. The number of aryl methyl sites for hydroxylation is 1. The number of hydrogen-bond acceptors (Lipinski definition) is 7. The molecule has 0 saturated carbocycles. The van der Waals surface area contributed by atoms with Gasteiger partial charge in [0.1, 0.15) is 5.76 Å². The number of aliphatic hydroxyl groups is 1. The highest BCUT2D eigenvalue weighted by Crippen LogP contribution is 2.44. The molecule has 1 aromatic heterocycles. The van der Waals surface area contributed by atoms with Gasteiger partial charge in [0, 0.05) is 18.7 Å². The number of nitrogens with zero attached hydrogens (tertiary/aromatic N) is 2. The van der Waals surface area contributed by atoms with Crippen LogP contribution in [0.25, 0.3) is 11.5 Å². The predicted octanol–water partition coefficient (Wildman–Crippen LogP) is 2.34. The number of piperidine rings is 1. The number of benzene rings is 1. The summed E-state index contributed by atoms with van der Waals surface area (Å²) in [6.45, 7) is 4.42. The van der Waals surface area contributed by atoms with E-state index in [4.69, 9.17) is 18.6 Å². The van der Waals surface area contributed by atoms with Crippen molar-refractivity contribution in [1.29, 1.82) is 0 Å². The SMILES string of the molecule is COc1cc(-c2nc(CN3CCC[C@H](O)C3)c(C)o2)cc2c1OCO2. The maximum atomic E-state index is 9.83. The Kier molecular flexibility index (Phi) is 4.27. The number of fused-ring (bicyclic) bond motifs is 1. The van der Waals surface area contributed by atoms with Crippen molar-refractivity contribution in [2.45, 2.75) is 32.4 Å². The van der Waals surface area contributed by atoms with E-state index >= 15 is 0 Å². The summed E-state index contributed by atoms with van der Waals surface area (Å²) < 4.78 is 22.1. The monoisotopic (exact) mass is 346 g/mol. The normalized spacial score (nSPS) is 20.0. The molecule has 1 fully saturated rings. The third kappa shape index (κ3) is 3.17. The lowest BCUT2D eigenvalue weighted by Crippen LogP contribution is -2.37. The van der Waals surface area contributed by atoms with Crippen molar-refractivity contribution in [1.82, 2.24) is 9.88 Å². The molecule has 1 atom stereocenters. The first-order chi connectivity index (χ1) is 12.1. The average Bonchev–Trinajstić information content (AvgIpc) is 3.21. The van der Waals surface area contributed by atoms with Crippen molar-refractivity contribution in [3.8, 4) is 28.7 Å². The fourth-order valence-corrected chi connectivity index (χ4v) is 3.34. The highest BCUT2D eigenvalue weighted by atomic mass is 16.7. The van der Waals surface area contributed by atoms with Crippen LogP contribution in [0.3, 0.4) is 0 Å². The Balaban J connectivity index is 1.60. The molecule has 0 unspecified atom stereocenters. The van der Waals surface area contributed by atoms with Gasteiger partial charge >= 0.3 is 0 Å². The van der Waals surface area contributed by atoms with Gasteiger partial charge in [-0.1, -0.05) is 0 Å². The Bertz CT molecular complexity index is 773. The molecule has 0 spiro atoms. The lowest BCUT2D eigenvalue weighted by atomic mass is 10.1. The van der Waals surface area contributed by atoms with Crippen LogP contribution in [0.15, 0.2) is 16.5 Å². The quantitative estimate of drug-likeness (QED) is 0.910. The van der Waals surface area contributed by atoms with Gasteiger partial charge in [-0.3, -0.25) is 4.90 Å². The van der Waals surface area contributed by atoms with Crippen molar-refractivity contribution < 1.29 is 23.7 Å². The number of hydrogen-bond donors (Lipinski definition) is 1. The summed E-state index contributed by atoms with van der Waals surface area (Å²) in [5, 5.41) is 9.83. The summed E-state index contributed by atoms with van der Waals surface area (Å²) in [6, 6.07) is 3.69. The molecule has 1 aromatic carbocycles. The largest absolute Gasteiger partial charge is 0.493 e. The minimum absolute atomic E-state index is 0.183. The minimum atomic E-state index is -0.251. The second-order valence-electron chi connectivity index (χ2n) is 6.47. The highest BCUT2D eigenvalue weighted by molar-refractivity contribution is 5.66. The molecule has 0 aliphatic carbocycles. The van der Waals surface area contributed by atoms with Gasteiger partial charge in [-0.15, -0.1) is 0 Å². The van der Waals surface area contributed by atoms with E-state index in [1.165, 1.54) is 0 Å². The van der Waals surface area contributed by atoms with Crippen LogP contribution in [0.2, 0.25) is 0 Å². The van der Waals surface area contributed by atoms with Crippen molar-refractivity contribution in [2.24, 2.45) is 0 Å².